The summed E-state index contributed by atoms with van der Waals surface area (Å²) >= 11 is 0. The van der Waals surface area contributed by atoms with E-state index in [1.54, 1.807) is 17.9 Å². The van der Waals surface area contributed by atoms with Crippen molar-refractivity contribution in [3.8, 4) is 0 Å². The highest BCUT2D eigenvalue weighted by molar-refractivity contribution is 5.93. The topological polar surface area (TPSA) is 99.9 Å². The summed E-state index contributed by atoms with van der Waals surface area (Å²) in [5, 5.41) is 9.57. The van der Waals surface area contributed by atoms with Crippen molar-refractivity contribution in [2.45, 2.75) is 45.1 Å². The minimum atomic E-state index is -0.283. The fourth-order valence-electron chi connectivity index (χ4n) is 3.63. The summed E-state index contributed by atoms with van der Waals surface area (Å²) in [5.41, 5.74) is 0. The Hall–Kier alpha value is -2.13. The van der Waals surface area contributed by atoms with Gasteiger partial charge in [0.15, 0.2) is 5.82 Å². The Balaban J connectivity index is 1.55. The number of aromatic nitrogens is 1. The zero-order chi connectivity index (χ0) is 19.8. The first-order valence-electron chi connectivity index (χ1n) is 10.2. The molecule has 0 spiro atoms. The van der Waals surface area contributed by atoms with Crippen molar-refractivity contribution >= 4 is 17.8 Å². The van der Waals surface area contributed by atoms with Crippen LogP contribution in [-0.2, 0) is 9.53 Å². The Morgan fingerprint density at radius 1 is 1.25 bits per heavy atom. The highest BCUT2D eigenvalue weighted by Gasteiger charge is 2.23. The lowest BCUT2D eigenvalue weighted by atomic mass is 9.96. The molecule has 0 aromatic carbocycles. The summed E-state index contributed by atoms with van der Waals surface area (Å²) in [6.07, 6.45) is 5.53. The number of ether oxygens (including phenoxy) is 1. The highest BCUT2D eigenvalue weighted by atomic mass is 16.5. The lowest BCUT2D eigenvalue weighted by molar-refractivity contribution is -0.116. The highest BCUT2D eigenvalue weighted by Crippen LogP contribution is 2.17. The van der Waals surface area contributed by atoms with Gasteiger partial charge in [0.25, 0.3) is 0 Å². The minimum absolute atomic E-state index is 0.0190. The van der Waals surface area contributed by atoms with Gasteiger partial charge in [-0.25, -0.2) is 4.79 Å². The molecule has 1 saturated carbocycles. The van der Waals surface area contributed by atoms with Gasteiger partial charge in [-0.1, -0.05) is 24.4 Å². The average molecular weight is 393 g/mol. The normalized spacial score (nSPS) is 18.6. The van der Waals surface area contributed by atoms with E-state index in [0.717, 1.165) is 45.3 Å². The standard InChI is InChI=1S/C19H31N5O4/c1-15-13-17(22-28-15)21-18(25)14-24(8-7-23-9-11-27-12-10-23)19(26)20-16-5-3-2-4-6-16/h13,16H,2-12,14H2,1H3,(H,20,26)(H,21,22,25). The third-order valence-corrected chi connectivity index (χ3v) is 5.24. The quantitative estimate of drug-likeness (QED) is 0.730. The van der Waals surface area contributed by atoms with Crippen molar-refractivity contribution in [2.24, 2.45) is 0 Å². The number of hydrogen-bond donors (Lipinski definition) is 2. The molecule has 1 aliphatic carbocycles. The smallest absolute Gasteiger partial charge is 0.318 e. The largest absolute Gasteiger partial charge is 0.379 e. The summed E-state index contributed by atoms with van der Waals surface area (Å²) in [4.78, 5) is 29.1. The van der Waals surface area contributed by atoms with E-state index in [4.69, 9.17) is 9.26 Å². The first kappa shape index (κ1) is 20.6. The second-order valence-electron chi connectivity index (χ2n) is 7.53. The average Bonchev–Trinajstić information content (AvgIpc) is 3.11. The van der Waals surface area contributed by atoms with Crippen molar-refractivity contribution in [1.82, 2.24) is 20.3 Å². The summed E-state index contributed by atoms with van der Waals surface area (Å²) in [7, 11) is 0. The second kappa shape index (κ2) is 10.4. The van der Waals surface area contributed by atoms with E-state index in [9.17, 15) is 9.59 Å². The van der Waals surface area contributed by atoms with Gasteiger partial charge in [-0.15, -0.1) is 0 Å². The van der Waals surface area contributed by atoms with Gasteiger partial charge in [0.05, 0.1) is 13.2 Å². The fraction of sp³-hybridized carbons (Fsp3) is 0.737. The second-order valence-corrected chi connectivity index (χ2v) is 7.53. The lowest BCUT2D eigenvalue weighted by Gasteiger charge is -2.31. The maximum atomic E-state index is 12.8. The van der Waals surface area contributed by atoms with Crippen LogP contribution in [0.1, 0.15) is 37.9 Å². The molecule has 9 heteroatoms. The molecule has 1 aromatic heterocycles. The van der Waals surface area contributed by atoms with Crippen LogP contribution in [0.4, 0.5) is 10.6 Å². The molecule has 3 amide bonds. The molecule has 3 rings (SSSR count). The van der Waals surface area contributed by atoms with Gasteiger partial charge in [-0.2, -0.15) is 0 Å². The Labute approximate surface area is 165 Å². The van der Waals surface area contributed by atoms with E-state index in [1.807, 2.05) is 0 Å². The SMILES string of the molecule is Cc1cc(NC(=O)CN(CCN2CCOCC2)C(=O)NC2CCCCC2)no1. The van der Waals surface area contributed by atoms with Crippen LogP contribution in [0, 0.1) is 6.92 Å². The number of nitrogens with one attached hydrogen (secondary N) is 2. The lowest BCUT2D eigenvalue weighted by Crippen LogP contribution is -2.51. The van der Waals surface area contributed by atoms with Crippen LogP contribution in [0.5, 0.6) is 0 Å². The van der Waals surface area contributed by atoms with Crippen molar-refractivity contribution in [1.29, 1.82) is 0 Å². The number of rotatable bonds is 7. The molecule has 9 nitrogen and oxygen atoms in total. The molecule has 0 bridgehead atoms. The first-order valence-corrected chi connectivity index (χ1v) is 10.2. The van der Waals surface area contributed by atoms with Crippen LogP contribution in [-0.4, -0.2) is 78.9 Å². The first-order chi connectivity index (χ1) is 13.6. The number of anilines is 1. The molecule has 1 aromatic rings. The number of amides is 3. The van der Waals surface area contributed by atoms with Crippen LogP contribution in [0.2, 0.25) is 0 Å². The molecule has 1 saturated heterocycles. The number of carbonyl (C=O) groups excluding carboxylic acids is 2. The van der Waals surface area contributed by atoms with Crippen LogP contribution in [0.3, 0.4) is 0 Å². The van der Waals surface area contributed by atoms with Gasteiger partial charge in [0, 0.05) is 38.3 Å². The van der Waals surface area contributed by atoms with Gasteiger partial charge >= 0.3 is 6.03 Å². The molecular formula is C19H31N5O4. The molecule has 2 aliphatic rings. The Bertz CT molecular complexity index is 638. The van der Waals surface area contributed by atoms with Gasteiger partial charge in [-0.05, 0) is 19.8 Å². The Kier molecular flexibility index (Phi) is 7.67. The van der Waals surface area contributed by atoms with Gasteiger partial charge in [0.2, 0.25) is 5.91 Å². The van der Waals surface area contributed by atoms with Crippen molar-refractivity contribution in [3.63, 3.8) is 0 Å². The third-order valence-electron chi connectivity index (χ3n) is 5.24. The maximum absolute atomic E-state index is 12.8. The molecule has 0 radical (unpaired) electrons. The van der Waals surface area contributed by atoms with Crippen LogP contribution in [0.15, 0.2) is 10.6 Å². The van der Waals surface area contributed by atoms with Gasteiger partial charge in [-0.3, -0.25) is 9.69 Å². The summed E-state index contributed by atoms with van der Waals surface area (Å²) in [5.74, 6) is 0.701. The Morgan fingerprint density at radius 3 is 2.68 bits per heavy atom. The molecule has 0 atom stereocenters. The molecule has 2 heterocycles. The van der Waals surface area contributed by atoms with Crippen LogP contribution in [0.25, 0.3) is 0 Å². The van der Waals surface area contributed by atoms with Crippen molar-refractivity contribution in [3.05, 3.63) is 11.8 Å². The minimum Gasteiger partial charge on any atom is -0.379 e. The number of aryl methyl sites for hydroxylation is 1. The maximum Gasteiger partial charge on any atom is 0.318 e. The third kappa shape index (κ3) is 6.49. The summed E-state index contributed by atoms with van der Waals surface area (Å²) in [6.45, 7) is 6.07. The van der Waals surface area contributed by atoms with Crippen molar-refractivity contribution in [2.75, 3.05) is 51.3 Å². The zero-order valence-electron chi connectivity index (χ0n) is 16.6. The number of nitrogens with zero attached hydrogens (tertiary/aromatic N) is 3. The molecular weight excluding hydrogens is 362 g/mol. The fourth-order valence-corrected chi connectivity index (χ4v) is 3.63. The van der Waals surface area contributed by atoms with E-state index in [0.29, 0.717) is 31.3 Å². The molecule has 156 valence electrons. The number of hydrogen-bond acceptors (Lipinski definition) is 6. The van der Waals surface area contributed by atoms with E-state index >= 15 is 0 Å². The van der Waals surface area contributed by atoms with Crippen LogP contribution >= 0.6 is 0 Å². The molecule has 2 N–H and O–H groups in total. The van der Waals surface area contributed by atoms with Gasteiger partial charge < -0.3 is 24.8 Å². The molecule has 1 aliphatic heterocycles. The van der Waals surface area contributed by atoms with Crippen LogP contribution < -0.4 is 10.6 Å². The van der Waals surface area contributed by atoms with Gasteiger partial charge in [0.1, 0.15) is 12.3 Å². The number of urea groups is 1. The molecule has 28 heavy (non-hydrogen) atoms. The predicted molar refractivity (Wildman–Crippen MR) is 104 cm³/mol. The zero-order valence-corrected chi connectivity index (χ0v) is 16.6. The van der Waals surface area contributed by atoms with Crippen molar-refractivity contribution < 1.29 is 18.8 Å². The molecule has 0 unspecified atom stereocenters. The predicted octanol–water partition coefficient (Wildman–Crippen LogP) is 1.60. The van der Waals surface area contributed by atoms with E-state index in [-0.39, 0.29) is 24.5 Å². The monoisotopic (exact) mass is 393 g/mol. The van der Waals surface area contributed by atoms with E-state index < -0.39 is 0 Å². The van der Waals surface area contributed by atoms with E-state index in [1.165, 1.54) is 6.42 Å². The summed E-state index contributed by atoms with van der Waals surface area (Å²) in [6, 6.07) is 1.68. The number of carbonyl (C=O) groups is 2. The number of morpholine rings is 1. The summed E-state index contributed by atoms with van der Waals surface area (Å²) < 4.78 is 10.3. The Morgan fingerprint density at radius 2 is 2.00 bits per heavy atom. The molecule has 2 fully saturated rings. The van der Waals surface area contributed by atoms with E-state index in [2.05, 4.69) is 20.7 Å².